The molecule has 0 atom stereocenters. The Hall–Kier alpha value is -1.34. The second kappa shape index (κ2) is 5.81. The Morgan fingerprint density at radius 1 is 1.43 bits per heavy atom. The molecule has 0 aliphatic heterocycles. The number of nitrogens with two attached hydrogens (primary N) is 1. The molecule has 1 aliphatic rings. The Labute approximate surface area is 124 Å². The van der Waals surface area contributed by atoms with E-state index in [1.165, 1.54) is 13.2 Å². The molecule has 1 fully saturated rings. The Balaban J connectivity index is 2.20. The topological polar surface area (TPSA) is 81.4 Å². The lowest BCUT2D eigenvalue weighted by Gasteiger charge is -2.41. The molecule has 0 unspecified atom stereocenters. The number of hydrogen-bond acceptors (Lipinski definition) is 4. The fraction of sp³-hybridized carbons (Fsp3) is 0.571. The van der Waals surface area contributed by atoms with E-state index in [9.17, 15) is 12.8 Å². The van der Waals surface area contributed by atoms with Gasteiger partial charge in [0.15, 0.2) is 11.6 Å². The van der Waals surface area contributed by atoms with Crippen molar-refractivity contribution in [3.8, 4) is 5.75 Å². The number of rotatable bonds is 6. The maximum Gasteiger partial charge on any atom is 0.240 e. The average Bonchev–Trinajstić information content (AvgIpc) is 2.37. The average molecular weight is 316 g/mol. The zero-order chi connectivity index (χ0) is 15.7. The predicted octanol–water partition coefficient (Wildman–Crippen LogP) is 2.28. The molecule has 1 aromatic rings. The molecule has 5 nitrogen and oxygen atoms in total. The van der Waals surface area contributed by atoms with Crippen molar-refractivity contribution in [3.05, 3.63) is 17.9 Å². The summed E-state index contributed by atoms with van der Waals surface area (Å²) < 4.78 is 45.6. The second-order valence-corrected chi connectivity index (χ2v) is 7.33. The molecule has 3 N–H and O–H groups in total. The largest absolute Gasteiger partial charge is 0.492 e. The van der Waals surface area contributed by atoms with Gasteiger partial charge >= 0.3 is 0 Å². The summed E-state index contributed by atoms with van der Waals surface area (Å²) in [6.07, 6.45) is 4.09. The van der Waals surface area contributed by atoms with Crippen LogP contribution in [0.15, 0.2) is 17.0 Å². The van der Waals surface area contributed by atoms with Gasteiger partial charge in [0.25, 0.3) is 0 Å². The van der Waals surface area contributed by atoms with E-state index in [2.05, 4.69) is 11.6 Å². The minimum atomic E-state index is -3.78. The molecule has 21 heavy (non-hydrogen) atoms. The summed E-state index contributed by atoms with van der Waals surface area (Å²) >= 11 is 0. The first-order chi connectivity index (χ1) is 9.83. The standard InChI is InChI=1S/C14H21FN2O3S/c1-3-14(5-4-6-14)9-17-21(18,19)10-7-11(15)13(20-2)12(16)8-10/h7-8,17H,3-6,9,16H2,1-2H3. The van der Waals surface area contributed by atoms with Crippen molar-refractivity contribution in [1.29, 1.82) is 0 Å². The Morgan fingerprint density at radius 2 is 2.10 bits per heavy atom. The number of methoxy groups -OCH3 is 1. The fourth-order valence-corrected chi connectivity index (χ4v) is 3.83. The van der Waals surface area contributed by atoms with Gasteiger partial charge in [0.1, 0.15) is 0 Å². The first-order valence-electron chi connectivity index (χ1n) is 6.96. The lowest BCUT2D eigenvalue weighted by atomic mass is 9.67. The van der Waals surface area contributed by atoms with E-state index in [1.54, 1.807) is 0 Å². The molecule has 2 rings (SSSR count). The molecule has 1 aliphatic carbocycles. The van der Waals surface area contributed by atoms with Crippen LogP contribution in [0.2, 0.25) is 0 Å². The first kappa shape index (κ1) is 16.0. The summed E-state index contributed by atoms with van der Waals surface area (Å²) in [6.45, 7) is 2.43. The van der Waals surface area contributed by atoms with E-state index in [1.807, 2.05) is 0 Å². The highest BCUT2D eigenvalue weighted by Crippen LogP contribution is 2.43. The number of hydrogen-bond donors (Lipinski definition) is 2. The normalized spacial score (nSPS) is 17.3. The van der Waals surface area contributed by atoms with Crippen LogP contribution in [0.25, 0.3) is 0 Å². The molecule has 118 valence electrons. The van der Waals surface area contributed by atoms with Crippen LogP contribution < -0.4 is 15.2 Å². The number of nitrogens with one attached hydrogen (secondary N) is 1. The van der Waals surface area contributed by atoms with Gasteiger partial charge in [-0.2, -0.15) is 0 Å². The van der Waals surface area contributed by atoms with E-state index in [4.69, 9.17) is 10.5 Å². The van der Waals surface area contributed by atoms with E-state index in [-0.39, 0.29) is 21.7 Å². The molecular weight excluding hydrogens is 295 g/mol. The maximum absolute atomic E-state index is 13.8. The molecule has 0 amide bonds. The number of sulfonamides is 1. The van der Waals surface area contributed by atoms with Crippen molar-refractivity contribution < 1.29 is 17.5 Å². The lowest BCUT2D eigenvalue weighted by Crippen LogP contribution is -2.41. The van der Waals surface area contributed by atoms with Crippen LogP contribution in [0, 0.1) is 11.2 Å². The zero-order valence-corrected chi connectivity index (χ0v) is 13.1. The molecule has 0 saturated heterocycles. The third-order valence-corrected chi connectivity index (χ3v) is 5.74. The number of anilines is 1. The highest BCUT2D eigenvalue weighted by molar-refractivity contribution is 7.89. The van der Waals surface area contributed by atoms with Crippen LogP contribution in [0.4, 0.5) is 10.1 Å². The Bertz CT molecular complexity index is 599. The highest BCUT2D eigenvalue weighted by atomic mass is 32.2. The minimum Gasteiger partial charge on any atom is -0.492 e. The third kappa shape index (κ3) is 3.13. The van der Waals surface area contributed by atoms with E-state index in [0.717, 1.165) is 31.7 Å². The van der Waals surface area contributed by atoms with Crippen molar-refractivity contribution in [2.75, 3.05) is 19.4 Å². The van der Waals surface area contributed by atoms with Crippen molar-refractivity contribution in [2.45, 2.75) is 37.5 Å². The molecule has 0 radical (unpaired) electrons. The van der Waals surface area contributed by atoms with E-state index in [0.29, 0.717) is 6.54 Å². The molecule has 0 bridgehead atoms. The molecule has 0 aromatic heterocycles. The summed E-state index contributed by atoms with van der Waals surface area (Å²) in [5.74, 6) is -0.926. The van der Waals surface area contributed by atoms with Crippen LogP contribution in [-0.4, -0.2) is 22.1 Å². The predicted molar refractivity (Wildman–Crippen MR) is 79.1 cm³/mol. The quantitative estimate of drug-likeness (QED) is 0.789. The summed E-state index contributed by atoms with van der Waals surface area (Å²) in [4.78, 5) is -0.177. The van der Waals surface area contributed by atoms with Gasteiger partial charge in [-0.05, 0) is 36.8 Å². The maximum atomic E-state index is 13.8. The van der Waals surface area contributed by atoms with Crippen LogP contribution in [-0.2, 0) is 10.0 Å². The number of ether oxygens (including phenoxy) is 1. The molecule has 7 heteroatoms. The summed E-state index contributed by atoms with van der Waals surface area (Å²) in [5.41, 5.74) is 5.63. The van der Waals surface area contributed by atoms with Gasteiger partial charge in [0.05, 0.1) is 17.7 Å². The van der Waals surface area contributed by atoms with Crippen LogP contribution in [0.3, 0.4) is 0 Å². The minimum absolute atomic E-state index is 0.0354. The van der Waals surface area contributed by atoms with Gasteiger partial charge in [0, 0.05) is 6.54 Å². The SMILES string of the molecule is CCC1(CNS(=O)(=O)c2cc(N)c(OC)c(F)c2)CCC1. The molecular formula is C14H21FN2O3S. The van der Waals surface area contributed by atoms with Gasteiger partial charge in [-0.15, -0.1) is 0 Å². The van der Waals surface area contributed by atoms with Crippen molar-refractivity contribution in [3.63, 3.8) is 0 Å². The number of halogens is 1. The smallest absolute Gasteiger partial charge is 0.240 e. The highest BCUT2D eigenvalue weighted by Gasteiger charge is 2.36. The van der Waals surface area contributed by atoms with Crippen LogP contribution in [0.5, 0.6) is 5.75 Å². The monoisotopic (exact) mass is 316 g/mol. The second-order valence-electron chi connectivity index (χ2n) is 5.56. The zero-order valence-electron chi connectivity index (χ0n) is 12.3. The summed E-state index contributed by atoms with van der Waals surface area (Å²) in [7, 11) is -2.49. The van der Waals surface area contributed by atoms with Crippen LogP contribution >= 0.6 is 0 Å². The van der Waals surface area contributed by atoms with Crippen LogP contribution in [0.1, 0.15) is 32.6 Å². The number of benzene rings is 1. The van der Waals surface area contributed by atoms with E-state index >= 15 is 0 Å². The van der Waals surface area contributed by atoms with Crippen molar-refractivity contribution >= 4 is 15.7 Å². The Morgan fingerprint density at radius 3 is 2.52 bits per heavy atom. The summed E-state index contributed by atoms with van der Waals surface area (Å²) in [5, 5.41) is 0. The van der Waals surface area contributed by atoms with Gasteiger partial charge in [-0.1, -0.05) is 13.3 Å². The molecule has 0 heterocycles. The van der Waals surface area contributed by atoms with Gasteiger partial charge < -0.3 is 10.5 Å². The molecule has 1 saturated carbocycles. The first-order valence-corrected chi connectivity index (χ1v) is 8.44. The number of nitrogen functional groups attached to an aromatic ring is 1. The van der Waals surface area contributed by atoms with Crippen molar-refractivity contribution in [2.24, 2.45) is 5.41 Å². The van der Waals surface area contributed by atoms with Gasteiger partial charge in [0.2, 0.25) is 10.0 Å². The lowest BCUT2D eigenvalue weighted by molar-refractivity contribution is 0.133. The molecule has 1 aromatic carbocycles. The third-order valence-electron chi connectivity index (χ3n) is 4.36. The molecule has 0 spiro atoms. The van der Waals surface area contributed by atoms with Gasteiger partial charge in [-0.25, -0.2) is 17.5 Å². The van der Waals surface area contributed by atoms with Gasteiger partial charge in [-0.3, -0.25) is 0 Å². The van der Waals surface area contributed by atoms with E-state index < -0.39 is 15.8 Å². The Kier molecular flexibility index (Phi) is 4.43. The van der Waals surface area contributed by atoms with Crippen molar-refractivity contribution in [1.82, 2.24) is 4.72 Å². The fourth-order valence-electron chi connectivity index (χ4n) is 2.62. The summed E-state index contributed by atoms with van der Waals surface area (Å²) in [6, 6.07) is 2.14.